The average molecular weight is 430 g/mol. The van der Waals surface area contributed by atoms with Crippen LogP contribution in [-0.4, -0.2) is 45.6 Å². The van der Waals surface area contributed by atoms with Crippen LogP contribution in [0.4, 0.5) is 0 Å². The minimum atomic E-state index is 0. The van der Waals surface area contributed by atoms with Crippen molar-refractivity contribution in [3.63, 3.8) is 0 Å². The van der Waals surface area contributed by atoms with Crippen molar-refractivity contribution in [2.45, 2.75) is 50.9 Å². The minimum absolute atomic E-state index is 0. The van der Waals surface area contributed by atoms with E-state index in [1.54, 1.807) is 6.20 Å². The SMILES string of the molecule is Cl.Cl.NCCCCCCC(=O)N1CCC(c2nc(-c3ccccn3)no2)CC1. The number of likely N-dealkylation sites (tertiary alicyclic amines) is 1. The van der Waals surface area contributed by atoms with Crippen molar-refractivity contribution in [1.29, 1.82) is 0 Å². The van der Waals surface area contributed by atoms with Crippen LogP contribution in [0.1, 0.15) is 56.8 Å². The predicted octanol–water partition coefficient (Wildman–Crippen LogP) is 3.59. The van der Waals surface area contributed by atoms with E-state index in [1.165, 1.54) is 0 Å². The Bertz CT molecular complexity index is 691. The molecule has 0 unspecified atom stereocenters. The molecule has 2 aromatic rings. The van der Waals surface area contributed by atoms with Gasteiger partial charge in [-0.25, -0.2) is 0 Å². The molecular formula is C19H29Cl2N5O2. The molecular weight excluding hydrogens is 401 g/mol. The molecule has 0 radical (unpaired) electrons. The monoisotopic (exact) mass is 429 g/mol. The van der Waals surface area contributed by atoms with E-state index in [2.05, 4.69) is 15.1 Å². The Labute approximate surface area is 178 Å². The molecule has 7 nitrogen and oxygen atoms in total. The van der Waals surface area contributed by atoms with Gasteiger partial charge in [-0.1, -0.05) is 24.1 Å². The number of amides is 1. The van der Waals surface area contributed by atoms with Crippen molar-refractivity contribution in [2.75, 3.05) is 19.6 Å². The number of pyridine rings is 1. The summed E-state index contributed by atoms with van der Waals surface area (Å²) in [5, 5.41) is 4.04. The Hall–Kier alpha value is -1.70. The summed E-state index contributed by atoms with van der Waals surface area (Å²) in [7, 11) is 0. The number of piperidine rings is 1. The first-order chi connectivity index (χ1) is 12.8. The summed E-state index contributed by atoms with van der Waals surface area (Å²) in [6, 6.07) is 5.62. The van der Waals surface area contributed by atoms with Crippen molar-refractivity contribution in [2.24, 2.45) is 5.73 Å². The van der Waals surface area contributed by atoms with Gasteiger partial charge in [0.15, 0.2) is 0 Å². The molecule has 0 saturated carbocycles. The molecule has 156 valence electrons. The second kappa shape index (κ2) is 12.7. The van der Waals surface area contributed by atoms with Gasteiger partial charge in [0.2, 0.25) is 17.6 Å². The summed E-state index contributed by atoms with van der Waals surface area (Å²) in [6.07, 6.45) is 8.27. The zero-order valence-corrected chi connectivity index (χ0v) is 17.6. The normalized spacial score (nSPS) is 14.2. The lowest BCUT2D eigenvalue weighted by molar-refractivity contribution is -0.132. The molecule has 9 heteroatoms. The number of aromatic nitrogens is 3. The van der Waals surface area contributed by atoms with Gasteiger partial charge in [0.1, 0.15) is 5.69 Å². The molecule has 0 aliphatic carbocycles. The fourth-order valence-electron chi connectivity index (χ4n) is 3.31. The summed E-state index contributed by atoms with van der Waals surface area (Å²) in [5.74, 6) is 1.65. The maximum Gasteiger partial charge on any atom is 0.230 e. The van der Waals surface area contributed by atoms with Crippen molar-refractivity contribution in [3.8, 4) is 11.5 Å². The van der Waals surface area contributed by atoms with E-state index in [4.69, 9.17) is 10.3 Å². The molecule has 1 fully saturated rings. The molecule has 28 heavy (non-hydrogen) atoms. The van der Waals surface area contributed by atoms with E-state index in [0.717, 1.165) is 58.2 Å². The molecule has 2 aromatic heterocycles. The fourth-order valence-corrected chi connectivity index (χ4v) is 3.31. The van der Waals surface area contributed by atoms with E-state index in [0.29, 0.717) is 23.8 Å². The van der Waals surface area contributed by atoms with Crippen LogP contribution in [0, 0.1) is 0 Å². The van der Waals surface area contributed by atoms with Crippen molar-refractivity contribution in [3.05, 3.63) is 30.3 Å². The molecule has 3 rings (SSSR count). The van der Waals surface area contributed by atoms with Gasteiger partial charge in [-0.05, 0) is 44.4 Å². The summed E-state index contributed by atoms with van der Waals surface area (Å²) in [5.41, 5.74) is 6.20. The first-order valence-corrected chi connectivity index (χ1v) is 9.51. The van der Waals surface area contributed by atoms with Gasteiger partial charge in [0.05, 0.1) is 0 Å². The predicted molar refractivity (Wildman–Crippen MR) is 113 cm³/mol. The smallest absolute Gasteiger partial charge is 0.230 e. The van der Waals surface area contributed by atoms with Crippen molar-refractivity contribution in [1.82, 2.24) is 20.0 Å². The van der Waals surface area contributed by atoms with Crippen LogP contribution in [0.5, 0.6) is 0 Å². The Balaban J connectivity index is 0.00000196. The lowest BCUT2D eigenvalue weighted by Gasteiger charge is -2.30. The highest BCUT2D eigenvalue weighted by molar-refractivity contribution is 5.85. The van der Waals surface area contributed by atoms with E-state index >= 15 is 0 Å². The third kappa shape index (κ3) is 6.72. The number of nitrogens with zero attached hydrogens (tertiary/aromatic N) is 4. The van der Waals surface area contributed by atoms with Gasteiger partial charge < -0.3 is 15.2 Å². The van der Waals surface area contributed by atoms with Crippen LogP contribution in [0.3, 0.4) is 0 Å². The highest BCUT2D eigenvalue weighted by Crippen LogP contribution is 2.28. The molecule has 0 aromatic carbocycles. The first kappa shape index (κ1) is 24.3. The number of hydrogen-bond donors (Lipinski definition) is 1. The van der Waals surface area contributed by atoms with Gasteiger partial charge in [0.25, 0.3) is 0 Å². The number of halogens is 2. The fraction of sp³-hybridized carbons (Fsp3) is 0.579. The molecule has 3 heterocycles. The second-order valence-corrected chi connectivity index (χ2v) is 6.78. The van der Waals surface area contributed by atoms with Crippen LogP contribution in [0.15, 0.2) is 28.9 Å². The van der Waals surface area contributed by atoms with Gasteiger partial charge in [-0.2, -0.15) is 4.98 Å². The molecule has 0 spiro atoms. The van der Waals surface area contributed by atoms with Crippen molar-refractivity contribution >= 4 is 30.7 Å². The number of nitrogens with two attached hydrogens (primary N) is 1. The number of carbonyl (C=O) groups is 1. The number of rotatable bonds is 8. The Morgan fingerprint density at radius 1 is 1.14 bits per heavy atom. The zero-order chi connectivity index (χ0) is 18.2. The van der Waals surface area contributed by atoms with Gasteiger partial charge in [-0.3, -0.25) is 9.78 Å². The maximum absolute atomic E-state index is 12.3. The topological polar surface area (TPSA) is 98.1 Å². The highest BCUT2D eigenvalue weighted by atomic mass is 35.5. The summed E-state index contributed by atoms with van der Waals surface area (Å²) in [6.45, 7) is 2.25. The molecule has 1 aliphatic rings. The quantitative estimate of drug-likeness (QED) is 0.643. The molecule has 0 atom stereocenters. The molecule has 1 aliphatic heterocycles. The minimum Gasteiger partial charge on any atom is -0.343 e. The Morgan fingerprint density at radius 2 is 1.89 bits per heavy atom. The van der Waals surface area contributed by atoms with E-state index < -0.39 is 0 Å². The van der Waals surface area contributed by atoms with Crippen molar-refractivity contribution < 1.29 is 9.32 Å². The molecule has 2 N–H and O–H groups in total. The van der Waals surface area contributed by atoms with Gasteiger partial charge in [-0.15, -0.1) is 24.8 Å². The van der Waals surface area contributed by atoms with Crippen LogP contribution < -0.4 is 5.73 Å². The third-order valence-electron chi connectivity index (χ3n) is 4.88. The largest absolute Gasteiger partial charge is 0.343 e. The molecule has 0 bridgehead atoms. The van der Waals surface area contributed by atoms with E-state index in [9.17, 15) is 4.79 Å². The Kier molecular flexibility index (Phi) is 11.0. The summed E-state index contributed by atoms with van der Waals surface area (Å²) >= 11 is 0. The lowest BCUT2D eigenvalue weighted by atomic mass is 9.96. The van der Waals surface area contributed by atoms with Gasteiger partial charge in [0, 0.05) is 31.6 Å². The van der Waals surface area contributed by atoms with Crippen LogP contribution in [0.2, 0.25) is 0 Å². The maximum atomic E-state index is 12.3. The van der Waals surface area contributed by atoms with Crippen LogP contribution >= 0.6 is 24.8 Å². The summed E-state index contributed by atoms with van der Waals surface area (Å²) < 4.78 is 5.44. The average Bonchev–Trinajstić information content (AvgIpc) is 3.19. The number of hydrogen-bond acceptors (Lipinski definition) is 6. The zero-order valence-electron chi connectivity index (χ0n) is 16.0. The molecule has 1 amide bonds. The van der Waals surface area contributed by atoms with E-state index in [1.807, 2.05) is 23.1 Å². The van der Waals surface area contributed by atoms with E-state index in [-0.39, 0.29) is 36.6 Å². The van der Waals surface area contributed by atoms with Gasteiger partial charge >= 0.3 is 0 Å². The molecule has 1 saturated heterocycles. The van der Waals surface area contributed by atoms with Crippen LogP contribution in [0.25, 0.3) is 11.5 Å². The number of carbonyl (C=O) groups excluding carboxylic acids is 1. The first-order valence-electron chi connectivity index (χ1n) is 9.51. The third-order valence-corrected chi connectivity index (χ3v) is 4.88. The lowest BCUT2D eigenvalue weighted by Crippen LogP contribution is -2.37. The number of unbranched alkanes of at least 4 members (excludes halogenated alkanes) is 3. The highest BCUT2D eigenvalue weighted by Gasteiger charge is 2.27. The standard InChI is InChI=1S/C19H27N5O2.2ClH/c20-11-5-2-1-3-8-17(25)24-13-9-15(10-14-24)19-22-18(23-26-19)16-7-4-6-12-21-16;;/h4,6-7,12,15H,1-3,5,8-11,13-14,20H2;2*1H. The van der Waals surface area contributed by atoms with Crippen LogP contribution in [-0.2, 0) is 4.79 Å². The second-order valence-electron chi connectivity index (χ2n) is 6.78. The Morgan fingerprint density at radius 3 is 2.57 bits per heavy atom. The summed E-state index contributed by atoms with van der Waals surface area (Å²) in [4.78, 5) is 23.0.